The van der Waals surface area contributed by atoms with Crippen molar-refractivity contribution in [2.24, 2.45) is 0 Å². The molecule has 1 unspecified atom stereocenters. The molecule has 0 spiro atoms. The summed E-state index contributed by atoms with van der Waals surface area (Å²) in [7, 11) is 0. The predicted molar refractivity (Wildman–Crippen MR) is 121 cm³/mol. The first-order valence-corrected chi connectivity index (χ1v) is 10.7. The third-order valence-corrected chi connectivity index (χ3v) is 4.81. The average Bonchev–Trinajstić information content (AvgIpc) is 2.78. The molecule has 0 aliphatic rings. The fourth-order valence-electron chi connectivity index (χ4n) is 3.19. The minimum absolute atomic E-state index is 0.0993. The topological polar surface area (TPSA) is 82.5 Å². The van der Waals surface area contributed by atoms with Crippen molar-refractivity contribution in [3.05, 3.63) is 64.7 Å². The zero-order valence-electron chi connectivity index (χ0n) is 18.3. The zero-order valence-corrected chi connectivity index (χ0v) is 18.3. The normalized spacial score (nSPS) is 11.8. The highest BCUT2D eigenvalue weighted by atomic mass is 16.5. The van der Waals surface area contributed by atoms with Crippen molar-refractivity contribution in [1.82, 2.24) is 14.9 Å². The van der Waals surface area contributed by atoms with Gasteiger partial charge in [0.25, 0.3) is 5.56 Å². The van der Waals surface area contributed by atoms with Crippen LogP contribution < -0.4 is 20.3 Å². The van der Waals surface area contributed by atoms with Gasteiger partial charge in [0.2, 0.25) is 5.91 Å². The van der Waals surface area contributed by atoms with Gasteiger partial charge in [-0.05, 0) is 49.6 Å². The number of carbonyl (C=O) groups excluding carboxylic acids is 1. The van der Waals surface area contributed by atoms with Gasteiger partial charge in [0.05, 0.1) is 36.5 Å². The third kappa shape index (κ3) is 5.63. The molecule has 0 saturated heterocycles. The molecule has 1 amide bonds. The molecule has 3 rings (SSSR count). The lowest BCUT2D eigenvalue weighted by molar-refractivity contribution is -0.122. The summed E-state index contributed by atoms with van der Waals surface area (Å²) < 4.78 is 12.9. The molecule has 1 heterocycles. The lowest BCUT2D eigenvalue weighted by Crippen LogP contribution is -2.34. The molecule has 2 aromatic carbocycles. The van der Waals surface area contributed by atoms with Gasteiger partial charge in [0.15, 0.2) is 11.5 Å². The van der Waals surface area contributed by atoms with Crippen LogP contribution in [0.3, 0.4) is 0 Å². The molecule has 7 heteroatoms. The third-order valence-electron chi connectivity index (χ3n) is 4.81. The van der Waals surface area contributed by atoms with Crippen molar-refractivity contribution < 1.29 is 14.3 Å². The van der Waals surface area contributed by atoms with Crippen LogP contribution in [-0.2, 0) is 11.3 Å². The van der Waals surface area contributed by atoms with E-state index in [1.807, 2.05) is 38.1 Å². The Labute approximate surface area is 182 Å². The average molecular weight is 424 g/mol. The monoisotopic (exact) mass is 423 g/mol. The van der Waals surface area contributed by atoms with Gasteiger partial charge in [-0.3, -0.25) is 14.2 Å². The standard InChI is InChI=1S/C24H29N3O4/c1-4-12-30-21-11-10-18(14-22(21)31-13-5-2)17(3)26-23(28)15-27-16-25-20-9-7-6-8-19(20)24(27)29/h6-11,14,16-17H,4-5,12-13,15H2,1-3H3,(H,26,28). The summed E-state index contributed by atoms with van der Waals surface area (Å²) in [5.41, 5.74) is 1.27. The molecule has 7 nitrogen and oxygen atoms in total. The van der Waals surface area contributed by atoms with Crippen LogP contribution >= 0.6 is 0 Å². The number of fused-ring (bicyclic) bond motifs is 1. The summed E-state index contributed by atoms with van der Waals surface area (Å²) in [5, 5.41) is 3.43. The molecule has 0 radical (unpaired) electrons. The maximum Gasteiger partial charge on any atom is 0.261 e. The van der Waals surface area contributed by atoms with Crippen molar-refractivity contribution in [1.29, 1.82) is 0 Å². The van der Waals surface area contributed by atoms with Crippen LogP contribution in [0.25, 0.3) is 10.9 Å². The van der Waals surface area contributed by atoms with Gasteiger partial charge in [-0.15, -0.1) is 0 Å². The Bertz CT molecular complexity index is 1090. The number of carbonyl (C=O) groups is 1. The summed E-state index contributed by atoms with van der Waals surface area (Å²) in [6.45, 7) is 7.09. The second-order valence-electron chi connectivity index (χ2n) is 7.39. The Morgan fingerprint density at radius 2 is 1.77 bits per heavy atom. The smallest absolute Gasteiger partial charge is 0.261 e. The van der Waals surface area contributed by atoms with Crippen molar-refractivity contribution in [3.63, 3.8) is 0 Å². The van der Waals surface area contributed by atoms with Crippen LogP contribution in [0.4, 0.5) is 0 Å². The number of benzene rings is 2. The van der Waals surface area contributed by atoms with Crippen LogP contribution in [0.1, 0.15) is 45.2 Å². The van der Waals surface area contributed by atoms with Crippen molar-refractivity contribution >= 4 is 16.8 Å². The molecule has 1 aromatic heterocycles. The second kappa shape index (κ2) is 10.6. The first-order chi connectivity index (χ1) is 15.0. The largest absolute Gasteiger partial charge is 0.490 e. The first-order valence-electron chi connectivity index (χ1n) is 10.7. The van der Waals surface area contributed by atoms with E-state index < -0.39 is 0 Å². The molecule has 3 aromatic rings. The van der Waals surface area contributed by atoms with Gasteiger partial charge in [-0.1, -0.05) is 32.0 Å². The van der Waals surface area contributed by atoms with E-state index in [4.69, 9.17) is 9.47 Å². The summed E-state index contributed by atoms with van der Waals surface area (Å²) in [5.74, 6) is 1.10. The molecule has 0 aliphatic heterocycles. The number of nitrogens with one attached hydrogen (secondary N) is 1. The number of hydrogen-bond acceptors (Lipinski definition) is 5. The van der Waals surface area contributed by atoms with Gasteiger partial charge >= 0.3 is 0 Å². The molecule has 0 saturated carbocycles. The Morgan fingerprint density at radius 1 is 1.06 bits per heavy atom. The van der Waals surface area contributed by atoms with E-state index >= 15 is 0 Å². The zero-order chi connectivity index (χ0) is 22.2. The fourth-order valence-corrected chi connectivity index (χ4v) is 3.19. The van der Waals surface area contributed by atoms with E-state index in [-0.39, 0.29) is 24.1 Å². The summed E-state index contributed by atoms with van der Waals surface area (Å²) in [6, 6.07) is 12.5. The predicted octanol–water partition coefficient (Wildman–Crippen LogP) is 3.85. The minimum Gasteiger partial charge on any atom is -0.490 e. The SMILES string of the molecule is CCCOc1ccc(C(C)NC(=O)Cn2cnc3ccccc3c2=O)cc1OCCC. The Kier molecular flexibility index (Phi) is 7.65. The highest BCUT2D eigenvalue weighted by Crippen LogP contribution is 2.31. The Balaban J connectivity index is 1.71. The maximum absolute atomic E-state index is 12.6. The van der Waals surface area contributed by atoms with Crippen LogP contribution in [0.15, 0.2) is 53.6 Å². The molecule has 164 valence electrons. The lowest BCUT2D eigenvalue weighted by Gasteiger charge is -2.18. The summed E-state index contributed by atoms with van der Waals surface area (Å²) >= 11 is 0. The molecular formula is C24H29N3O4. The summed E-state index contributed by atoms with van der Waals surface area (Å²) in [6.07, 6.45) is 3.20. The van der Waals surface area contributed by atoms with Crippen molar-refractivity contribution in [2.45, 2.75) is 46.2 Å². The molecular weight excluding hydrogens is 394 g/mol. The Morgan fingerprint density at radius 3 is 2.52 bits per heavy atom. The van der Waals surface area contributed by atoms with Crippen LogP contribution in [0.2, 0.25) is 0 Å². The van der Waals surface area contributed by atoms with Crippen LogP contribution in [0, 0.1) is 0 Å². The van der Waals surface area contributed by atoms with Crippen LogP contribution in [0.5, 0.6) is 11.5 Å². The second-order valence-corrected chi connectivity index (χ2v) is 7.39. The van der Waals surface area contributed by atoms with E-state index in [0.29, 0.717) is 35.6 Å². The summed E-state index contributed by atoms with van der Waals surface area (Å²) in [4.78, 5) is 29.5. The first kappa shape index (κ1) is 22.3. The number of para-hydroxylation sites is 1. The van der Waals surface area contributed by atoms with Crippen molar-refractivity contribution in [2.75, 3.05) is 13.2 Å². The van der Waals surface area contributed by atoms with Gasteiger partial charge < -0.3 is 14.8 Å². The molecule has 0 fully saturated rings. The van der Waals surface area contributed by atoms with Crippen molar-refractivity contribution in [3.8, 4) is 11.5 Å². The number of rotatable bonds is 10. The molecule has 0 bridgehead atoms. The maximum atomic E-state index is 12.6. The van der Waals surface area contributed by atoms with E-state index in [1.165, 1.54) is 10.9 Å². The highest BCUT2D eigenvalue weighted by molar-refractivity contribution is 5.79. The van der Waals surface area contributed by atoms with E-state index in [0.717, 1.165) is 18.4 Å². The number of nitrogens with zero attached hydrogens (tertiary/aromatic N) is 2. The van der Waals surface area contributed by atoms with Gasteiger partial charge in [0.1, 0.15) is 6.54 Å². The minimum atomic E-state index is -0.269. The highest BCUT2D eigenvalue weighted by Gasteiger charge is 2.15. The van der Waals surface area contributed by atoms with Gasteiger partial charge in [0, 0.05) is 0 Å². The number of ether oxygens (including phenoxy) is 2. The van der Waals surface area contributed by atoms with Gasteiger partial charge in [-0.2, -0.15) is 0 Å². The molecule has 1 atom stereocenters. The molecule has 31 heavy (non-hydrogen) atoms. The van der Waals surface area contributed by atoms with E-state index in [2.05, 4.69) is 17.2 Å². The molecule has 0 aliphatic carbocycles. The number of aromatic nitrogens is 2. The fraction of sp³-hybridized carbons (Fsp3) is 0.375. The quantitative estimate of drug-likeness (QED) is 0.536. The van der Waals surface area contributed by atoms with Crippen LogP contribution in [-0.4, -0.2) is 28.7 Å². The Hall–Kier alpha value is -3.35. The number of hydrogen-bond donors (Lipinski definition) is 1. The number of amides is 1. The van der Waals surface area contributed by atoms with E-state index in [1.54, 1.807) is 18.2 Å². The van der Waals surface area contributed by atoms with Gasteiger partial charge in [-0.25, -0.2) is 4.98 Å². The van der Waals surface area contributed by atoms with E-state index in [9.17, 15) is 9.59 Å². The molecule has 1 N–H and O–H groups in total. The lowest BCUT2D eigenvalue weighted by atomic mass is 10.1.